The summed E-state index contributed by atoms with van der Waals surface area (Å²) in [6, 6.07) is 3.88. The van der Waals surface area contributed by atoms with E-state index in [0.717, 1.165) is 17.3 Å². The molecular weight excluding hydrogens is 238 g/mol. The summed E-state index contributed by atoms with van der Waals surface area (Å²) in [6.07, 6.45) is 2.69. The smallest absolute Gasteiger partial charge is 0.118 e. The molecule has 17 heavy (non-hydrogen) atoms. The van der Waals surface area contributed by atoms with Crippen LogP contribution in [0.2, 0.25) is 0 Å². The van der Waals surface area contributed by atoms with Gasteiger partial charge < -0.3 is 19.9 Å². The first kappa shape index (κ1) is 14.6. The zero-order valence-electron chi connectivity index (χ0n) is 10.4. The van der Waals surface area contributed by atoms with Gasteiger partial charge in [0.15, 0.2) is 0 Å². The molecule has 0 aliphatic carbocycles. The van der Waals surface area contributed by atoms with Crippen molar-refractivity contribution in [3.8, 4) is 0 Å². The first-order valence-electron chi connectivity index (χ1n) is 5.73. The lowest BCUT2D eigenvalue weighted by Gasteiger charge is -2.29. The summed E-state index contributed by atoms with van der Waals surface area (Å²) in [5.74, 6) is 2.64. The Morgan fingerprint density at radius 2 is 1.94 bits per heavy atom. The molecule has 0 aromatic carbocycles. The number of hydrogen-bond donors (Lipinski definition) is 3. The zero-order chi connectivity index (χ0) is 12.7. The van der Waals surface area contributed by atoms with Crippen LogP contribution in [0.3, 0.4) is 0 Å². The van der Waals surface area contributed by atoms with Crippen LogP contribution in [0.25, 0.3) is 0 Å². The summed E-state index contributed by atoms with van der Waals surface area (Å²) >= 11 is 1.71. The van der Waals surface area contributed by atoms with E-state index in [1.807, 2.05) is 25.3 Å². The van der Waals surface area contributed by atoms with Crippen molar-refractivity contribution >= 4 is 11.8 Å². The average molecular weight is 259 g/mol. The molecule has 3 N–H and O–H groups in total. The van der Waals surface area contributed by atoms with E-state index >= 15 is 0 Å². The van der Waals surface area contributed by atoms with Gasteiger partial charge in [-0.2, -0.15) is 11.8 Å². The van der Waals surface area contributed by atoms with Crippen molar-refractivity contribution in [2.45, 2.75) is 31.2 Å². The predicted molar refractivity (Wildman–Crippen MR) is 70.0 cm³/mol. The Hall–Kier alpha value is -0.490. The number of thioether (sulfide) groups is 1. The molecule has 0 aliphatic heterocycles. The summed E-state index contributed by atoms with van der Waals surface area (Å²) in [7, 11) is 0. The summed E-state index contributed by atoms with van der Waals surface area (Å²) in [5, 5.41) is 21.7. The maximum absolute atomic E-state index is 9.29. The molecule has 4 nitrogen and oxygen atoms in total. The molecule has 0 bridgehead atoms. The van der Waals surface area contributed by atoms with Gasteiger partial charge in [0.2, 0.25) is 0 Å². The second-order valence-corrected chi connectivity index (χ2v) is 4.97. The topological polar surface area (TPSA) is 65.6 Å². The highest BCUT2D eigenvalue weighted by atomic mass is 32.2. The average Bonchev–Trinajstić information content (AvgIpc) is 2.80. The van der Waals surface area contributed by atoms with Crippen LogP contribution in [-0.4, -0.2) is 35.2 Å². The van der Waals surface area contributed by atoms with Crippen LogP contribution in [0, 0.1) is 0 Å². The summed E-state index contributed by atoms with van der Waals surface area (Å²) < 4.78 is 5.61. The number of hydrogen-bond acceptors (Lipinski definition) is 5. The monoisotopic (exact) mass is 259 g/mol. The van der Waals surface area contributed by atoms with Crippen molar-refractivity contribution in [3.05, 3.63) is 23.7 Å². The molecule has 0 unspecified atom stereocenters. The van der Waals surface area contributed by atoms with Crippen molar-refractivity contribution < 1.29 is 14.6 Å². The molecule has 0 aliphatic rings. The summed E-state index contributed by atoms with van der Waals surface area (Å²) in [6.45, 7) is 2.28. The van der Waals surface area contributed by atoms with E-state index in [9.17, 15) is 10.2 Å². The molecule has 1 heterocycles. The van der Waals surface area contributed by atoms with Gasteiger partial charge in [-0.05, 0) is 24.8 Å². The third kappa shape index (κ3) is 4.03. The van der Waals surface area contributed by atoms with Crippen molar-refractivity contribution in [3.63, 3.8) is 0 Å². The SMILES string of the molecule is CCC(CO)(CO)NCc1ccc(CSC)o1. The summed E-state index contributed by atoms with van der Waals surface area (Å²) in [4.78, 5) is 0. The van der Waals surface area contributed by atoms with Gasteiger partial charge in [-0.3, -0.25) is 0 Å². The first-order chi connectivity index (χ1) is 8.19. The van der Waals surface area contributed by atoms with Crippen LogP contribution in [0.15, 0.2) is 16.5 Å². The molecule has 5 heteroatoms. The third-order valence-electron chi connectivity index (χ3n) is 2.92. The molecule has 1 aromatic heterocycles. The molecule has 0 spiro atoms. The van der Waals surface area contributed by atoms with Crippen molar-refractivity contribution in [2.75, 3.05) is 19.5 Å². The quantitative estimate of drug-likeness (QED) is 0.658. The molecule has 1 aromatic rings. The van der Waals surface area contributed by atoms with Gasteiger partial charge in [0, 0.05) is 0 Å². The fourth-order valence-corrected chi connectivity index (χ4v) is 1.96. The third-order valence-corrected chi connectivity index (χ3v) is 3.50. The number of nitrogens with one attached hydrogen (secondary N) is 1. The van der Waals surface area contributed by atoms with Crippen molar-refractivity contribution in [2.24, 2.45) is 0 Å². The molecule has 0 radical (unpaired) electrons. The first-order valence-corrected chi connectivity index (χ1v) is 7.12. The Morgan fingerprint density at radius 1 is 1.29 bits per heavy atom. The van der Waals surface area contributed by atoms with E-state index in [0.29, 0.717) is 13.0 Å². The zero-order valence-corrected chi connectivity index (χ0v) is 11.2. The Bertz CT molecular complexity index is 315. The Balaban J connectivity index is 2.53. The van der Waals surface area contributed by atoms with Crippen LogP contribution in [0.4, 0.5) is 0 Å². The normalized spacial score (nSPS) is 12.0. The van der Waals surface area contributed by atoms with E-state index in [2.05, 4.69) is 5.32 Å². The maximum Gasteiger partial charge on any atom is 0.118 e. The molecular formula is C12H21NO3S. The second-order valence-electron chi connectivity index (χ2n) is 4.10. The minimum atomic E-state index is -0.619. The standard InChI is InChI=1S/C12H21NO3S/c1-3-12(8-14,9-15)13-6-10-4-5-11(16-10)7-17-2/h4-5,13-15H,3,6-9H2,1-2H3. The fraction of sp³-hybridized carbons (Fsp3) is 0.667. The van der Waals surface area contributed by atoms with Gasteiger partial charge in [-0.1, -0.05) is 6.92 Å². The van der Waals surface area contributed by atoms with E-state index in [1.54, 1.807) is 11.8 Å². The Kier molecular flexibility index (Phi) is 6.05. The van der Waals surface area contributed by atoms with Gasteiger partial charge in [-0.25, -0.2) is 0 Å². The minimum absolute atomic E-state index is 0.0849. The van der Waals surface area contributed by atoms with E-state index < -0.39 is 5.54 Å². The van der Waals surface area contributed by atoms with E-state index in [1.165, 1.54) is 0 Å². The van der Waals surface area contributed by atoms with E-state index in [4.69, 9.17) is 4.42 Å². The molecule has 0 amide bonds. The largest absolute Gasteiger partial charge is 0.464 e. The van der Waals surface area contributed by atoms with Crippen LogP contribution < -0.4 is 5.32 Å². The van der Waals surface area contributed by atoms with Gasteiger partial charge in [0.05, 0.1) is 31.1 Å². The van der Waals surface area contributed by atoms with Gasteiger partial charge in [0.25, 0.3) is 0 Å². The van der Waals surface area contributed by atoms with Gasteiger partial charge >= 0.3 is 0 Å². The molecule has 0 atom stereocenters. The fourth-order valence-electron chi connectivity index (χ4n) is 1.52. The highest BCUT2D eigenvalue weighted by Gasteiger charge is 2.25. The number of rotatable bonds is 8. The molecule has 1 rings (SSSR count). The maximum atomic E-state index is 9.29. The lowest BCUT2D eigenvalue weighted by molar-refractivity contribution is 0.0847. The molecule has 0 saturated carbocycles. The highest BCUT2D eigenvalue weighted by molar-refractivity contribution is 7.97. The van der Waals surface area contributed by atoms with Crippen LogP contribution >= 0.6 is 11.8 Å². The second kappa shape index (κ2) is 7.06. The van der Waals surface area contributed by atoms with Gasteiger partial charge in [0.1, 0.15) is 11.5 Å². The van der Waals surface area contributed by atoms with Crippen molar-refractivity contribution in [1.29, 1.82) is 0 Å². The van der Waals surface area contributed by atoms with Crippen LogP contribution in [0.1, 0.15) is 24.9 Å². The van der Waals surface area contributed by atoms with Crippen molar-refractivity contribution in [1.82, 2.24) is 5.32 Å². The molecule has 0 saturated heterocycles. The van der Waals surface area contributed by atoms with Crippen LogP contribution in [0.5, 0.6) is 0 Å². The molecule has 0 fully saturated rings. The Morgan fingerprint density at radius 3 is 2.47 bits per heavy atom. The predicted octanol–water partition coefficient (Wildman–Crippen LogP) is 1.37. The minimum Gasteiger partial charge on any atom is -0.464 e. The molecule has 98 valence electrons. The lowest BCUT2D eigenvalue weighted by Crippen LogP contribution is -2.50. The lowest BCUT2D eigenvalue weighted by atomic mass is 9.98. The number of aliphatic hydroxyl groups is 2. The Labute approximate surface area is 106 Å². The van der Waals surface area contributed by atoms with Gasteiger partial charge in [-0.15, -0.1) is 0 Å². The number of aliphatic hydroxyl groups excluding tert-OH is 2. The highest BCUT2D eigenvalue weighted by Crippen LogP contribution is 2.15. The van der Waals surface area contributed by atoms with E-state index in [-0.39, 0.29) is 13.2 Å². The van der Waals surface area contributed by atoms with Crippen LogP contribution in [-0.2, 0) is 12.3 Å². The number of furan rings is 1. The summed E-state index contributed by atoms with van der Waals surface area (Å²) in [5.41, 5.74) is -0.619.